The van der Waals surface area contributed by atoms with Crippen LogP contribution in [-0.4, -0.2) is 9.97 Å². The van der Waals surface area contributed by atoms with E-state index in [2.05, 4.69) is 89.4 Å². The molecule has 0 N–H and O–H groups in total. The first kappa shape index (κ1) is 17.9. The standard InChI is InChI=1S/C25H23N3/c1-19-11-13-21(14-12-19)25-10-4-3-9-24(25)20(2)28(22-7-5-15-26-17-22)23-8-6-16-27-18-23/h3-18,20H,1-2H3/t20-/m0/s1. The molecule has 0 bridgehead atoms. The van der Waals surface area contributed by atoms with E-state index in [1.54, 1.807) is 12.4 Å². The number of hydrogen-bond acceptors (Lipinski definition) is 3. The third kappa shape index (κ3) is 3.65. The lowest BCUT2D eigenvalue weighted by Gasteiger charge is -2.32. The van der Waals surface area contributed by atoms with E-state index in [-0.39, 0.29) is 6.04 Å². The van der Waals surface area contributed by atoms with Crippen molar-refractivity contribution in [2.75, 3.05) is 4.90 Å². The van der Waals surface area contributed by atoms with Crippen LogP contribution in [0.1, 0.15) is 24.1 Å². The summed E-state index contributed by atoms with van der Waals surface area (Å²) in [5, 5.41) is 0. The lowest BCUT2D eigenvalue weighted by Crippen LogP contribution is -2.22. The summed E-state index contributed by atoms with van der Waals surface area (Å²) in [4.78, 5) is 11.0. The number of benzene rings is 2. The van der Waals surface area contributed by atoms with Crippen molar-refractivity contribution in [2.45, 2.75) is 19.9 Å². The molecule has 0 amide bonds. The SMILES string of the molecule is Cc1ccc(-c2ccccc2[C@H](C)N(c2cccnc2)c2cccnc2)cc1. The molecule has 0 radical (unpaired) electrons. The summed E-state index contributed by atoms with van der Waals surface area (Å²) in [5.74, 6) is 0. The fraction of sp³-hybridized carbons (Fsp3) is 0.120. The van der Waals surface area contributed by atoms with Crippen molar-refractivity contribution in [3.05, 3.63) is 109 Å². The van der Waals surface area contributed by atoms with Gasteiger partial charge < -0.3 is 4.90 Å². The van der Waals surface area contributed by atoms with E-state index in [9.17, 15) is 0 Å². The molecule has 0 unspecified atom stereocenters. The Morgan fingerprint density at radius 1 is 0.714 bits per heavy atom. The third-order valence-corrected chi connectivity index (χ3v) is 5.01. The molecule has 0 fully saturated rings. The van der Waals surface area contributed by atoms with Gasteiger partial charge in [-0.2, -0.15) is 0 Å². The fourth-order valence-electron chi connectivity index (χ4n) is 3.59. The van der Waals surface area contributed by atoms with Gasteiger partial charge in [-0.1, -0.05) is 54.1 Å². The highest BCUT2D eigenvalue weighted by atomic mass is 15.2. The average molecular weight is 365 g/mol. The van der Waals surface area contributed by atoms with Gasteiger partial charge in [-0.05, 0) is 54.8 Å². The predicted octanol–water partition coefficient (Wildman–Crippen LogP) is 6.35. The number of rotatable bonds is 5. The minimum Gasteiger partial charge on any atom is -0.332 e. The highest BCUT2D eigenvalue weighted by molar-refractivity contribution is 5.71. The molecule has 3 nitrogen and oxygen atoms in total. The van der Waals surface area contributed by atoms with Crippen molar-refractivity contribution in [1.29, 1.82) is 0 Å². The van der Waals surface area contributed by atoms with Gasteiger partial charge in [-0.25, -0.2) is 0 Å². The van der Waals surface area contributed by atoms with Crippen LogP contribution in [0.4, 0.5) is 11.4 Å². The molecule has 2 aromatic heterocycles. The van der Waals surface area contributed by atoms with Crippen molar-refractivity contribution in [1.82, 2.24) is 9.97 Å². The Balaban J connectivity index is 1.82. The average Bonchev–Trinajstić information content (AvgIpc) is 2.76. The van der Waals surface area contributed by atoms with Crippen LogP contribution in [0.15, 0.2) is 97.6 Å². The van der Waals surface area contributed by atoms with Gasteiger partial charge in [0.15, 0.2) is 0 Å². The molecule has 28 heavy (non-hydrogen) atoms. The molecular formula is C25H23N3. The van der Waals surface area contributed by atoms with E-state index in [1.165, 1.54) is 22.3 Å². The normalized spacial score (nSPS) is 11.8. The molecule has 2 heterocycles. The van der Waals surface area contributed by atoms with E-state index in [0.29, 0.717) is 0 Å². The van der Waals surface area contributed by atoms with Crippen LogP contribution in [0.2, 0.25) is 0 Å². The molecule has 0 aliphatic carbocycles. The zero-order chi connectivity index (χ0) is 19.3. The van der Waals surface area contributed by atoms with Gasteiger partial charge in [-0.15, -0.1) is 0 Å². The minimum atomic E-state index is 0.103. The fourth-order valence-corrected chi connectivity index (χ4v) is 3.59. The maximum Gasteiger partial charge on any atom is 0.0603 e. The van der Waals surface area contributed by atoms with Crippen molar-refractivity contribution >= 4 is 11.4 Å². The van der Waals surface area contributed by atoms with Crippen LogP contribution in [0.3, 0.4) is 0 Å². The third-order valence-electron chi connectivity index (χ3n) is 5.01. The second-order valence-corrected chi connectivity index (χ2v) is 6.92. The summed E-state index contributed by atoms with van der Waals surface area (Å²) in [6.45, 7) is 4.35. The zero-order valence-electron chi connectivity index (χ0n) is 16.2. The quantitative estimate of drug-likeness (QED) is 0.412. The number of nitrogens with zero attached hydrogens (tertiary/aromatic N) is 3. The van der Waals surface area contributed by atoms with Crippen molar-refractivity contribution in [3.63, 3.8) is 0 Å². The Hall–Kier alpha value is -3.46. The Morgan fingerprint density at radius 3 is 1.89 bits per heavy atom. The molecule has 0 aliphatic rings. The van der Waals surface area contributed by atoms with Crippen LogP contribution in [-0.2, 0) is 0 Å². The molecule has 3 heteroatoms. The van der Waals surface area contributed by atoms with Crippen LogP contribution in [0.5, 0.6) is 0 Å². The Morgan fingerprint density at radius 2 is 1.32 bits per heavy atom. The molecule has 0 aliphatic heterocycles. The van der Waals surface area contributed by atoms with Gasteiger partial charge in [0.1, 0.15) is 0 Å². The zero-order valence-corrected chi connectivity index (χ0v) is 16.2. The largest absolute Gasteiger partial charge is 0.332 e. The highest BCUT2D eigenvalue weighted by Crippen LogP contribution is 2.38. The van der Waals surface area contributed by atoms with E-state index >= 15 is 0 Å². The summed E-state index contributed by atoms with van der Waals surface area (Å²) < 4.78 is 0. The lowest BCUT2D eigenvalue weighted by atomic mass is 9.94. The van der Waals surface area contributed by atoms with Gasteiger partial charge in [0.05, 0.1) is 29.8 Å². The van der Waals surface area contributed by atoms with Gasteiger partial charge in [0.25, 0.3) is 0 Å². The second-order valence-electron chi connectivity index (χ2n) is 6.92. The topological polar surface area (TPSA) is 29.0 Å². The van der Waals surface area contributed by atoms with Crippen molar-refractivity contribution in [3.8, 4) is 11.1 Å². The smallest absolute Gasteiger partial charge is 0.0603 e. The summed E-state index contributed by atoms with van der Waals surface area (Å²) in [5.41, 5.74) is 7.09. The minimum absolute atomic E-state index is 0.103. The van der Waals surface area contributed by atoms with Crippen LogP contribution < -0.4 is 4.90 Å². The van der Waals surface area contributed by atoms with Crippen LogP contribution >= 0.6 is 0 Å². The summed E-state index contributed by atoms with van der Waals surface area (Å²) in [6, 6.07) is 25.5. The second kappa shape index (κ2) is 8.05. The maximum absolute atomic E-state index is 4.34. The number of anilines is 2. The van der Waals surface area contributed by atoms with Gasteiger partial charge in [0.2, 0.25) is 0 Å². The molecule has 0 spiro atoms. The number of aryl methyl sites for hydroxylation is 1. The molecule has 0 saturated carbocycles. The van der Waals surface area contributed by atoms with E-state index in [1.807, 2.05) is 24.5 Å². The van der Waals surface area contributed by atoms with Gasteiger partial charge >= 0.3 is 0 Å². The first-order valence-corrected chi connectivity index (χ1v) is 9.49. The molecule has 138 valence electrons. The maximum atomic E-state index is 4.34. The Bertz CT molecular complexity index is 989. The van der Waals surface area contributed by atoms with Crippen molar-refractivity contribution in [2.24, 2.45) is 0 Å². The summed E-state index contributed by atoms with van der Waals surface area (Å²) >= 11 is 0. The van der Waals surface area contributed by atoms with Crippen molar-refractivity contribution < 1.29 is 0 Å². The van der Waals surface area contributed by atoms with Gasteiger partial charge in [-0.3, -0.25) is 9.97 Å². The highest BCUT2D eigenvalue weighted by Gasteiger charge is 2.21. The monoisotopic (exact) mass is 365 g/mol. The number of pyridine rings is 2. The molecule has 4 aromatic rings. The summed E-state index contributed by atoms with van der Waals surface area (Å²) in [6.07, 6.45) is 7.40. The summed E-state index contributed by atoms with van der Waals surface area (Å²) in [7, 11) is 0. The van der Waals surface area contributed by atoms with Crippen LogP contribution in [0, 0.1) is 6.92 Å². The Kier molecular flexibility index (Phi) is 5.16. The first-order chi connectivity index (χ1) is 13.7. The molecule has 0 saturated heterocycles. The Labute approximate surface area is 166 Å². The molecule has 1 atom stereocenters. The molecule has 4 rings (SSSR count). The van der Waals surface area contributed by atoms with E-state index < -0.39 is 0 Å². The molecule has 2 aromatic carbocycles. The molecular weight excluding hydrogens is 342 g/mol. The first-order valence-electron chi connectivity index (χ1n) is 9.49. The van der Waals surface area contributed by atoms with Gasteiger partial charge in [0, 0.05) is 12.4 Å². The van der Waals surface area contributed by atoms with E-state index in [0.717, 1.165) is 11.4 Å². The predicted molar refractivity (Wildman–Crippen MR) is 116 cm³/mol. The lowest BCUT2D eigenvalue weighted by molar-refractivity contribution is 0.772. The number of aromatic nitrogens is 2. The van der Waals surface area contributed by atoms with E-state index in [4.69, 9.17) is 0 Å². The van der Waals surface area contributed by atoms with Crippen LogP contribution in [0.25, 0.3) is 11.1 Å². The number of hydrogen-bond donors (Lipinski definition) is 0.